The number of pyridine rings is 1. The van der Waals surface area contributed by atoms with Gasteiger partial charge in [-0.2, -0.15) is 0 Å². The van der Waals surface area contributed by atoms with Crippen molar-refractivity contribution in [3.63, 3.8) is 0 Å². The van der Waals surface area contributed by atoms with Gasteiger partial charge in [-0.3, -0.25) is 4.79 Å². The maximum absolute atomic E-state index is 12.5. The van der Waals surface area contributed by atoms with Crippen molar-refractivity contribution in [2.75, 3.05) is 31.1 Å². The molecule has 27 heavy (non-hydrogen) atoms. The lowest BCUT2D eigenvalue weighted by Crippen LogP contribution is -2.46. The number of nitrogens with one attached hydrogen (secondary N) is 1. The molecule has 1 spiro atoms. The van der Waals surface area contributed by atoms with Crippen LogP contribution in [0.15, 0.2) is 30.5 Å². The van der Waals surface area contributed by atoms with Crippen LogP contribution >= 0.6 is 11.3 Å². The molecular weight excluding hydrogens is 358 g/mol. The molecular formula is C21H27N3O2S. The fraction of sp³-hybridized carbons (Fsp3) is 0.524. The number of aromatic nitrogens is 1. The highest BCUT2D eigenvalue weighted by Crippen LogP contribution is 2.45. The van der Waals surface area contributed by atoms with E-state index < -0.39 is 0 Å². The third-order valence-electron chi connectivity index (χ3n) is 5.45. The van der Waals surface area contributed by atoms with E-state index in [-0.39, 0.29) is 11.5 Å². The number of rotatable bonds is 4. The van der Waals surface area contributed by atoms with Crippen LogP contribution in [0.4, 0.5) is 5.82 Å². The van der Waals surface area contributed by atoms with Gasteiger partial charge in [-0.1, -0.05) is 19.9 Å². The second kappa shape index (κ2) is 7.60. The minimum absolute atomic E-state index is 0.0455. The molecule has 0 bridgehead atoms. The van der Waals surface area contributed by atoms with Crippen molar-refractivity contribution in [2.24, 2.45) is 5.92 Å². The number of hydrogen-bond acceptors (Lipinski definition) is 5. The predicted octanol–water partition coefficient (Wildman–Crippen LogP) is 3.60. The van der Waals surface area contributed by atoms with Gasteiger partial charge in [0.05, 0.1) is 17.1 Å². The van der Waals surface area contributed by atoms with Gasteiger partial charge < -0.3 is 15.0 Å². The zero-order valence-electron chi connectivity index (χ0n) is 16.0. The summed E-state index contributed by atoms with van der Waals surface area (Å²) in [5, 5.41) is 3.04. The molecule has 1 amide bonds. The topological polar surface area (TPSA) is 54.5 Å². The minimum atomic E-state index is -0.244. The lowest BCUT2D eigenvalue weighted by atomic mass is 9.82. The first-order valence-electron chi connectivity index (χ1n) is 9.79. The Hall–Kier alpha value is -1.92. The summed E-state index contributed by atoms with van der Waals surface area (Å²) < 4.78 is 6.34. The van der Waals surface area contributed by atoms with Crippen LogP contribution in [0, 0.1) is 5.92 Å². The molecule has 2 aromatic rings. The first-order chi connectivity index (χ1) is 13.1. The number of carbonyl (C=O) groups is 1. The molecule has 4 heterocycles. The number of carbonyl (C=O) groups excluding carboxylic acids is 1. The number of hydrogen-bond donors (Lipinski definition) is 1. The first kappa shape index (κ1) is 18.4. The van der Waals surface area contributed by atoms with Gasteiger partial charge in [-0.25, -0.2) is 4.98 Å². The molecule has 5 nitrogen and oxygen atoms in total. The zero-order valence-corrected chi connectivity index (χ0v) is 16.8. The SMILES string of the molecule is CC(C)CNC(=O)c1cc2c(s1)CCOC21CCN(c2ccccn2)CC1. The molecule has 6 heteroatoms. The van der Waals surface area contributed by atoms with Crippen LogP contribution in [0.5, 0.6) is 0 Å². The second-order valence-electron chi connectivity index (χ2n) is 7.82. The summed E-state index contributed by atoms with van der Waals surface area (Å²) in [4.78, 5) is 21.5. The summed E-state index contributed by atoms with van der Waals surface area (Å²) in [5.41, 5.74) is 1.00. The Labute approximate surface area is 164 Å². The van der Waals surface area contributed by atoms with E-state index in [0.717, 1.165) is 49.7 Å². The van der Waals surface area contributed by atoms with Crippen molar-refractivity contribution in [2.45, 2.75) is 38.7 Å². The van der Waals surface area contributed by atoms with Crippen molar-refractivity contribution in [3.8, 4) is 0 Å². The number of fused-ring (bicyclic) bond motifs is 2. The Balaban J connectivity index is 1.51. The average Bonchev–Trinajstić information content (AvgIpc) is 3.14. The summed E-state index contributed by atoms with van der Waals surface area (Å²) in [6.45, 7) is 7.50. The predicted molar refractivity (Wildman–Crippen MR) is 109 cm³/mol. The molecule has 0 saturated carbocycles. The molecule has 2 aromatic heterocycles. The molecule has 4 rings (SSSR count). The molecule has 0 unspecified atom stereocenters. The smallest absolute Gasteiger partial charge is 0.261 e. The number of nitrogens with zero attached hydrogens (tertiary/aromatic N) is 2. The number of ether oxygens (including phenoxy) is 1. The summed E-state index contributed by atoms with van der Waals surface area (Å²) in [6, 6.07) is 8.13. The van der Waals surface area contributed by atoms with Crippen LogP contribution in [0.25, 0.3) is 0 Å². The van der Waals surface area contributed by atoms with E-state index in [1.54, 1.807) is 11.3 Å². The Kier molecular flexibility index (Phi) is 5.19. The first-order valence-corrected chi connectivity index (χ1v) is 10.6. The fourth-order valence-corrected chi connectivity index (χ4v) is 5.11. The number of anilines is 1. The fourth-order valence-electron chi connectivity index (χ4n) is 3.96. The van der Waals surface area contributed by atoms with Gasteiger partial charge in [-0.05, 0) is 42.5 Å². The lowest BCUT2D eigenvalue weighted by molar-refractivity contribution is -0.0757. The summed E-state index contributed by atoms with van der Waals surface area (Å²) in [6.07, 6.45) is 4.61. The maximum Gasteiger partial charge on any atom is 0.261 e. The molecule has 0 radical (unpaired) electrons. The molecule has 144 valence electrons. The van der Waals surface area contributed by atoms with Gasteiger partial charge >= 0.3 is 0 Å². The standard InChI is InChI=1S/C21H27N3O2S/c1-15(2)14-23-20(25)18-13-16-17(27-18)6-12-26-21(16)7-10-24(11-8-21)19-5-3-4-9-22-19/h3-5,9,13,15H,6-8,10-12,14H2,1-2H3,(H,23,25). The van der Waals surface area contributed by atoms with Crippen molar-refractivity contribution < 1.29 is 9.53 Å². The van der Waals surface area contributed by atoms with Crippen molar-refractivity contribution >= 4 is 23.1 Å². The summed E-state index contributed by atoms with van der Waals surface area (Å²) >= 11 is 1.64. The largest absolute Gasteiger partial charge is 0.370 e. The highest BCUT2D eigenvalue weighted by Gasteiger charge is 2.42. The number of amides is 1. The Morgan fingerprint density at radius 1 is 1.37 bits per heavy atom. The van der Waals surface area contributed by atoms with Crippen LogP contribution in [0.2, 0.25) is 0 Å². The van der Waals surface area contributed by atoms with Gasteiger partial charge in [0, 0.05) is 37.1 Å². The van der Waals surface area contributed by atoms with Crippen molar-refractivity contribution in [1.82, 2.24) is 10.3 Å². The molecule has 0 aromatic carbocycles. The molecule has 1 fully saturated rings. The van der Waals surface area contributed by atoms with Crippen LogP contribution in [-0.4, -0.2) is 37.1 Å². The molecule has 0 atom stereocenters. The monoisotopic (exact) mass is 385 g/mol. The third kappa shape index (κ3) is 3.73. The van der Waals surface area contributed by atoms with Crippen LogP contribution in [0.3, 0.4) is 0 Å². The van der Waals surface area contributed by atoms with Gasteiger partial charge in [0.2, 0.25) is 0 Å². The average molecular weight is 386 g/mol. The van der Waals surface area contributed by atoms with E-state index >= 15 is 0 Å². The zero-order chi connectivity index (χ0) is 18.9. The molecule has 2 aliphatic rings. The van der Waals surface area contributed by atoms with E-state index in [2.05, 4.69) is 41.2 Å². The van der Waals surface area contributed by atoms with Crippen LogP contribution in [-0.2, 0) is 16.8 Å². The molecule has 2 aliphatic heterocycles. The van der Waals surface area contributed by atoms with E-state index in [1.165, 1.54) is 10.4 Å². The molecule has 1 saturated heterocycles. The normalized spacial score (nSPS) is 18.6. The second-order valence-corrected chi connectivity index (χ2v) is 8.96. The van der Waals surface area contributed by atoms with Gasteiger partial charge in [0.25, 0.3) is 5.91 Å². The molecule has 0 aliphatic carbocycles. The minimum Gasteiger partial charge on any atom is -0.370 e. The summed E-state index contributed by atoms with van der Waals surface area (Å²) in [7, 11) is 0. The Morgan fingerprint density at radius 3 is 2.89 bits per heavy atom. The van der Waals surface area contributed by atoms with Gasteiger partial charge in [-0.15, -0.1) is 11.3 Å². The third-order valence-corrected chi connectivity index (χ3v) is 6.64. The summed E-state index contributed by atoms with van der Waals surface area (Å²) in [5.74, 6) is 1.53. The van der Waals surface area contributed by atoms with Gasteiger partial charge in [0.1, 0.15) is 5.82 Å². The Morgan fingerprint density at radius 2 is 2.19 bits per heavy atom. The van der Waals surface area contributed by atoms with Crippen molar-refractivity contribution in [1.29, 1.82) is 0 Å². The van der Waals surface area contributed by atoms with Crippen LogP contribution < -0.4 is 10.2 Å². The van der Waals surface area contributed by atoms with E-state index in [1.807, 2.05) is 18.3 Å². The highest BCUT2D eigenvalue weighted by atomic mass is 32.1. The number of piperidine rings is 1. The van der Waals surface area contributed by atoms with E-state index in [0.29, 0.717) is 12.5 Å². The van der Waals surface area contributed by atoms with E-state index in [4.69, 9.17) is 4.74 Å². The highest BCUT2D eigenvalue weighted by molar-refractivity contribution is 7.14. The van der Waals surface area contributed by atoms with Crippen molar-refractivity contribution in [3.05, 3.63) is 45.8 Å². The number of thiophene rings is 1. The van der Waals surface area contributed by atoms with Gasteiger partial charge in [0.15, 0.2) is 0 Å². The maximum atomic E-state index is 12.5. The molecule has 1 N–H and O–H groups in total. The van der Waals surface area contributed by atoms with E-state index in [9.17, 15) is 4.79 Å². The lowest BCUT2D eigenvalue weighted by Gasteiger charge is -2.44. The Bertz CT molecular complexity index is 795. The van der Waals surface area contributed by atoms with Crippen LogP contribution in [0.1, 0.15) is 46.8 Å². The quantitative estimate of drug-likeness (QED) is 0.874.